The summed E-state index contributed by atoms with van der Waals surface area (Å²) in [5, 5.41) is 2.66. The first kappa shape index (κ1) is 18.4. The average molecular weight is 462 g/mol. The summed E-state index contributed by atoms with van der Waals surface area (Å²) >= 11 is 2.19. The van der Waals surface area contributed by atoms with Gasteiger partial charge < -0.3 is 10.1 Å². The molecule has 26 heavy (non-hydrogen) atoms. The Labute approximate surface area is 166 Å². The highest BCUT2D eigenvalue weighted by Crippen LogP contribution is 2.24. The quantitative estimate of drug-likeness (QED) is 0.414. The summed E-state index contributed by atoms with van der Waals surface area (Å²) in [6.07, 6.45) is 1.69. The standard InChI is InChI=1S/C20H19IN2O3/c1-3-26-18-9-8-15(10-16(18)21)11-17-19(24)23(20(25)22-17)12-14-6-4-13(2)5-7-14/h4-11H,3,12H2,1-2H3,(H,22,25)/b17-11+. The number of halogens is 1. The van der Waals surface area contributed by atoms with E-state index in [1.807, 2.05) is 56.3 Å². The second-order valence-electron chi connectivity index (χ2n) is 5.99. The van der Waals surface area contributed by atoms with Crippen LogP contribution >= 0.6 is 22.6 Å². The van der Waals surface area contributed by atoms with Crippen molar-refractivity contribution < 1.29 is 14.3 Å². The molecule has 1 saturated heterocycles. The molecule has 1 N–H and O–H groups in total. The van der Waals surface area contributed by atoms with Crippen molar-refractivity contribution in [3.8, 4) is 5.75 Å². The molecule has 0 unspecified atom stereocenters. The van der Waals surface area contributed by atoms with Crippen LogP contribution in [0, 0.1) is 10.5 Å². The van der Waals surface area contributed by atoms with Crippen molar-refractivity contribution in [2.75, 3.05) is 6.61 Å². The maximum atomic E-state index is 12.6. The predicted molar refractivity (Wildman–Crippen MR) is 109 cm³/mol. The van der Waals surface area contributed by atoms with Gasteiger partial charge in [0.1, 0.15) is 11.4 Å². The number of aryl methyl sites for hydroxylation is 1. The Kier molecular flexibility index (Phi) is 5.61. The van der Waals surface area contributed by atoms with Gasteiger partial charge in [-0.2, -0.15) is 0 Å². The molecule has 3 rings (SSSR count). The number of nitrogens with one attached hydrogen (secondary N) is 1. The first-order valence-corrected chi connectivity index (χ1v) is 9.38. The van der Waals surface area contributed by atoms with Gasteiger partial charge in [0.05, 0.1) is 16.7 Å². The smallest absolute Gasteiger partial charge is 0.329 e. The lowest BCUT2D eigenvalue weighted by Crippen LogP contribution is -2.30. The van der Waals surface area contributed by atoms with Gasteiger partial charge in [0.2, 0.25) is 0 Å². The normalized spacial score (nSPS) is 15.5. The van der Waals surface area contributed by atoms with Crippen LogP contribution in [0.5, 0.6) is 5.75 Å². The third kappa shape index (κ3) is 4.07. The fourth-order valence-electron chi connectivity index (χ4n) is 2.64. The molecule has 0 aliphatic carbocycles. The summed E-state index contributed by atoms with van der Waals surface area (Å²) in [5.41, 5.74) is 3.16. The summed E-state index contributed by atoms with van der Waals surface area (Å²) < 4.78 is 6.47. The number of carbonyl (C=O) groups excluding carboxylic acids is 2. The molecule has 1 aliphatic heterocycles. The fraction of sp³-hybridized carbons (Fsp3) is 0.200. The van der Waals surface area contributed by atoms with Crippen molar-refractivity contribution in [1.29, 1.82) is 0 Å². The van der Waals surface area contributed by atoms with Gasteiger partial charge >= 0.3 is 6.03 Å². The van der Waals surface area contributed by atoms with E-state index in [9.17, 15) is 9.59 Å². The van der Waals surface area contributed by atoms with Gasteiger partial charge in [0.15, 0.2) is 0 Å². The Bertz CT molecular complexity index is 875. The summed E-state index contributed by atoms with van der Waals surface area (Å²) in [5.74, 6) is 0.484. The van der Waals surface area contributed by atoms with E-state index in [1.165, 1.54) is 4.90 Å². The van der Waals surface area contributed by atoms with Crippen molar-refractivity contribution in [1.82, 2.24) is 10.2 Å². The Morgan fingerprint density at radius 1 is 1.15 bits per heavy atom. The topological polar surface area (TPSA) is 58.6 Å². The van der Waals surface area contributed by atoms with Gasteiger partial charge in [0, 0.05) is 0 Å². The number of hydrogen-bond acceptors (Lipinski definition) is 3. The highest BCUT2D eigenvalue weighted by molar-refractivity contribution is 14.1. The van der Waals surface area contributed by atoms with E-state index in [4.69, 9.17) is 4.74 Å². The minimum absolute atomic E-state index is 0.253. The molecule has 0 spiro atoms. The van der Waals surface area contributed by atoms with E-state index in [0.717, 1.165) is 26.0 Å². The molecule has 0 radical (unpaired) electrons. The summed E-state index contributed by atoms with van der Waals surface area (Å²) in [6, 6.07) is 13.0. The molecule has 2 aromatic rings. The van der Waals surface area contributed by atoms with Crippen LogP contribution in [0.2, 0.25) is 0 Å². The molecule has 134 valence electrons. The zero-order chi connectivity index (χ0) is 18.7. The molecule has 3 amide bonds. The number of ether oxygens (including phenoxy) is 1. The van der Waals surface area contributed by atoms with E-state index in [1.54, 1.807) is 6.08 Å². The van der Waals surface area contributed by atoms with Crippen LogP contribution < -0.4 is 10.1 Å². The SMILES string of the molecule is CCOc1ccc(/C=C2/NC(=O)N(Cc3ccc(C)cc3)C2=O)cc1I. The molecule has 2 aromatic carbocycles. The summed E-state index contributed by atoms with van der Waals surface area (Å²) in [4.78, 5) is 26.0. The van der Waals surface area contributed by atoms with E-state index in [2.05, 4.69) is 27.9 Å². The summed E-state index contributed by atoms with van der Waals surface area (Å²) in [6.45, 7) is 4.78. The molecule has 1 heterocycles. The highest BCUT2D eigenvalue weighted by atomic mass is 127. The number of imide groups is 1. The van der Waals surface area contributed by atoms with Crippen LogP contribution in [0.15, 0.2) is 48.2 Å². The number of urea groups is 1. The lowest BCUT2D eigenvalue weighted by molar-refractivity contribution is -0.123. The van der Waals surface area contributed by atoms with Crippen molar-refractivity contribution in [3.63, 3.8) is 0 Å². The third-order valence-electron chi connectivity index (χ3n) is 3.99. The zero-order valence-corrected chi connectivity index (χ0v) is 16.7. The minimum Gasteiger partial charge on any atom is -0.493 e. The second kappa shape index (κ2) is 7.90. The lowest BCUT2D eigenvalue weighted by Gasteiger charge is -2.11. The highest BCUT2D eigenvalue weighted by Gasteiger charge is 2.33. The maximum Gasteiger partial charge on any atom is 0.329 e. The first-order chi connectivity index (χ1) is 12.5. The van der Waals surface area contributed by atoms with E-state index in [0.29, 0.717) is 6.61 Å². The van der Waals surface area contributed by atoms with Gasteiger partial charge in [-0.05, 0) is 65.8 Å². The minimum atomic E-state index is -0.401. The Morgan fingerprint density at radius 2 is 1.88 bits per heavy atom. The molecule has 0 bridgehead atoms. The van der Waals surface area contributed by atoms with Crippen molar-refractivity contribution in [3.05, 3.63) is 68.4 Å². The van der Waals surface area contributed by atoms with Crippen LogP contribution in [-0.2, 0) is 11.3 Å². The number of nitrogens with zero attached hydrogens (tertiary/aromatic N) is 1. The third-order valence-corrected chi connectivity index (χ3v) is 4.83. The van der Waals surface area contributed by atoms with Gasteiger partial charge in [-0.25, -0.2) is 4.79 Å². The van der Waals surface area contributed by atoms with Gasteiger partial charge in [-0.1, -0.05) is 35.9 Å². The van der Waals surface area contributed by atoms with Crippen molar-refractivity contribution in [2.45, 2.75) is 20.4 Å². The fourth-order valence-corrected chi connectivity index (χ4v) is 3.33. The number of amides is 3. The predicted octanol–water partition coefficient (Wildman–Crippen LogP) is 4.09. The van der Waals surface area contributed by atoms with Gasteiger partial charge in [0.25, 0.3) is 5.91 Å². The van der Waals surface area contributed by atoms with E-state index >= 15 is 0 Å². The summed E-state index contributed by atoms with van der Waals surface area (Å²) in [7, 11) is 0. The monoisotopic (exact) mass is 462 g/mol. The van der Waals surface area contributed by atoms with Gasteiger partial charge in [-0.3, -0.25) is 9.69 Å². The second-order valence-corrected chi connectivity index (χ2v) is 7.15. The van der Waals surface area contributed by atoms with Crippen LogP contribution in [0.1, 0.15) is 23.6 Å². The van der Waals surface area contributed by atoms with Crippen LogP contribution in [0.25, 0.3) is 6.08 Å². The van der Waals surface area contributed by atoms with Crippen LogP contribution in [-0.4, -0.2) is 23.4 Å². The molecule has 0 atom stereocenters. The Morgan fingerprint density at radius 3 is 2.54 bits per heavy atom. The number of hydrogen-bond donors (Lipinski definition) is 1. The molecule has 0 saturated carbocycles. The van der Waals surface area contributed by atoms with E-state index in [-0.39, 0.29) is 18.1 Å². The molecular formula is C20H19IN2O3. The number of rotatable bonds is 5. The van der Waals surface area contributed by atoms with Crippen molar-refractivity contribution >= 4 is 40.6 Å². The molecule has 0 aromatic heterocycles. The van der Waals surface area contributed by atoms with E-state index < -0.39 is 6.03 Å². The number of carbonyl (C=O) groups is 2. The largest absolute Gasteiger partial charge is 0.493 e. The lowest BCUT2D eigenvalue weighted by atomic mass is 10.1. The molecule has 5 nitrogen and oxygen atoms in total. The van der Waals surface area contributed by atoms with Crippen LogP contribution in [0.3, 0.4) is 0 Å². The zero-order valence-electron chi connectivity index (χ0n) is 14.6. The average Bonchev–Trinajstić information content (AvgIpc) is 2.87. The Hall–Kier alpha value is -2.35. The maximum absolute atomic E-state index is 12.6. The Balaban J connectivity index is 1.78. The molecule has 6 heteroatoms. The van der Waals surface area contributed by atoms with Crippen molar-refractivity contribution in [2.24, 2.45) is 0 Å². The molecule has 1 aliphatic rings. The first-order valence-electron chi connectivity index (χ1n) is 8.30. The van der Waals surface area contributed by atoms with Gasteiger partial charge in [-0.15, -0.1) is 0 Å². The molecular weight excluding hydrogens is 443 g/mol. The van der Waals surface area contributed by atoms with Crippen LogP contribution in [0.4, 0.5) is 4.79 Å². The number of benzene rings is 2. The molecule has 1 fully saturated rings.